The minimum atomic E-state index is -3.78. The number of amides is 2. The Hall–Kier alpha value is -2.78. The van der Waals surface area contributed by atoms with Crippen LogP contribution >= 0.6 is 11.6 Å². The van der Waals surface area contributed by atoms with E-state index >= 15 is 0 Å². The summed E-state index contributed by atoms with van der Waals surface area (Å²) >= 11 is 5.96. The van der Waals surface area contributed by atoms with Gasteiger partial charge in [0.25, 0.3) is 0 Å². The second kappa shape index (κ2) is 11.4. The van der Waals surface area contributed by atoms with E-state index in [4.69, 9.17) is 16.3 Å². The smallest absolute Gasteiger partial charge is 0.244 e. The number of halogens is 1. The van der Waals surface area contributed by atoms with E-state index < -0.39 is 28.5 Å². The number of carbonyl (C=O) groups excluding carboxylic acids is 2. The molecule has 2 aromatic carbocycles. The van der Waals surface area contributed by atoms with Crippen molar-refractivity contribution in [1.82, 2.24) is 10.2 Å². The minimum absolute atomic E-state index is 0.112. The molecule has 0 aliphatic heterocycles. The molecule has 0 radical (unpaired) electrons. The van der Waals surface area contributed by atoms with Crippen molar-refractivity contribution >= 4 is 39.1 Å². The monoisotopic (exact) mass is 495 g/mol. The maximum absolute atomic E-state index is 13.4. The maximum atomic E-state index is 13.4. The zero-order valence-electron chi connectivity index (χ0n) is 19.4. The van der Waals surface area contributed by atoms with Crippen molar-refractivity contribution in [3.8, 4) is 5.75 Å². The lowest BCUT2D eigenvalue weighted by atomic mass is 10.1. The van der Waals surface area contributed by atoms with Gasteiger partial charge in [-0.2, -0.15) is 0 Å². The number of methoxy groups -OCH3 is 1. The number of nitrogens with zero attached hydrogens (tertiary/aromatic N) is 2. The van der Waals surface area contributed by atoms with E-state index in [9.17, 15) is 18.0 Å². The summed E-state index contributed by atoms with van der Waals surface area (Å²) < 4.78 is 31.2. The highest BCUT2D eigenvalue weighted by molar-refractivity contribution is 7.92. The molecule has 8 nitrogen and oxygen atoms in total. The van der Waals surface area contributed by atoms with Crippen LogP contribution in [0.4, 0.5) is 5.69 Å². The van der Waals surface area contributed by atoms with Crippen molar-refractivity contribution in [2.75, 3.05) is 24.2 Å². The number of carbonyl (C=O) groups is 2. The van der Waals surface area contributed by atoms with Crippen LogP contribution in [0.2, 0.25) is 5.02 Å². The molecule has 1 N–H and O–H groups in total. The normalized spacial score (nSPS) is 12.2. The molecule has 2 rings (SSSR count). The van der Waals surface area contributed by atoms with Gasteiger partial charge in [0.2, 0.25) is 21.8 Å². The van der Waals surface area contributed by atoms with Crippen molar-refractivity contribution in [2.24, 2.45) is 0 Å². The zero-order chi connectivity index (χ0) is 24.8. The van der Waals surface area contributed by atoms with Crippen LogP contribution in [0.1, 0.15) is 26.3 Å². The third-order valence-electron chi connectivity index (χ3n) is 4.90. The van der Waals surface area contributed by atoms with Gasteiger partial charge in [-0.3, -0.25) is 13.9 Å². The molecule has 0 saturated carbocycles. The number of sulfonamides is 1. The fourth-order valence-corrected chi connectivity index (χ4v) is 4.11. The van der Waals surface area contributed by atoms with E-state index in [2.05, 4.69) is 5.32 Å². The zero-order valence-corrected chi connectivity index (χ0v) is 21.0. The minimum Gasteiger partial charge on any atom is -0.497 e. The lowest BCUT2D eigenvalue weighted by molar-refractivity contribution is -0.139. The summed E-state index contributed by atoms with van der Waals surface area (Å²) in [5.41, 5.74) is 1.07. The summed E-state index contributed by atoms with van der Waals surface area (Å²) in [6.45, 7) is 4.92. The van der Waals surface area contributed by atoms with Crippen LogP contribution < -0.4 is 14.4 Å². The Bertz CT molecular complexity index is 1060. The van der Waals surface area contributed by atoms with E-state index in [1.165, 1.54) is 12.0 Å². The van der Waals surface area contributed by atoms with Gasteiger partial charge < -0.3 is 15.0 Å². The van der Waals surface area contributed by atoms with Gasteiger partial charge in [0.15, 0.2) is 0 Å². The second-order valence-electron chi connectivity index (χ2n) is 7.96. The van der Waals surface area contributed by atoms with Gasteiger partial charge in [-0.15, -0.1) is 0 Å². The van der Waals surface area contributed by atoms with Crippen LogP contribution in [0.5, 0.6) is 5.75 Å². The summed E-state index contributed by atoms with van der Waals surface area (Å²) in [7, 11) is -2.28. The van der Waals surface area contributed by atoms with Crippen LogP contribution in [0.25, 0.3) is 0 Å². The van der Waals surface area contributed by atoms with Gasteiger partial charge in [-0.05, 0) is 62.7 Å². The van der Waals surface area contributed by atoms with Crippen molar-refractivity contribution in [2.45, 2.75) is 39.4 Å². The molecule has 0 aliphatic rings. The standard InChI is InChI=1S/C23H30ClN3O5S/c1-16(2)25-23(29)17(3)26(14-18-6-8-19(24)9-7-18)22(28)15-27(33(5,30)31)20-10-12-21(32-4)13-11-20/h6-13,16-17H,14-15H2,1-5H3,(H,25,29). The first kappa shape index (κ1) is 26.5. The van der Waals surface area contributed by atoms with Gasteiger partial charge in [-0.25, -0.2) is 8.42 Å². The molecule has 0 aromatic heterocycles. The topological polar surface area (TPSA) is 96.0 Å². The molecule has 1 atom stereocenters. The lowest BCUT2D eigenvalue weighted by Crippen LogP contribution is -2.52. The second-order valence-corrected chi connectivity index (χ2v) is 10.3. The van der Waals surface area contributed by atoms with Crippen LogP contribution in [0.3, 0.4) is 0 Å². The molecule has 0 spiro atoms. The van der Waals surface area contributed by atoms with Crippen molar-refractivity contribution in [3.05, 3.63) is 59.1 Å². The Morgan fingerprint density at radius 2 is 1.61 bits per heavy atom. The first-order valence-electron chi connectivity index (χ1n) is 10.4. The molecule has 180 valence electrons. The van der Waals surface area contributed by atoms with Crippen LogP contribution in [0.15, 0.2) is 48.5 Å². The molecule has 0 aliphatic carbocycles. The predicted molar refractivity (Wildman–Crippen MR) is 130 cm³/mol. The molecule has 0 saturated heterocycles. The van der Waals surface area contributed by atoms with Crippen LogP contribution in [-0.2, 0) is 26.2 Å². The SMILES string of the molecule is COc1ccc(N(CC(=O)N(Cc2ccc(Cl)cc2)C(C)C(=O)NC(C)C)S(C)(=O)=O)cc1. The predicted octanol–water partition coefficient (Wildman–Crippen LogP) is 3.06. The van der Waals surface area contributed by atoms with Gasteiger partial charge in [0, 0.05) is 17.6 Å². The molecule has 2 amide bonds. The largest absolute Gasteiger partial charge is 0.497 e. The number of nitrogens with one attached hydrogen (secondary N) is 1. The fourth-order valence-electron chi connectivity index (χ4n) is 3.14. The summed E-state index contributed by atoms with van der Waals surface area (Å²) in [5.74, 6) is -0.290. The lowest BCUT2D eigenvalue weighted by Gasteiger charge is -2.32. The molecule has 33 heavy (non-hydrogen) atoms. The van der Waals surface area contributed by atoms with Gasteiger partial charge >= 0.3 is 0 Å². The first-order chi connectivity index (χ1) is 15.4. The first-order valence-corrected chi connectivity index (χ1v) is 12.6. The van der Waals surface area contributed by atoms with Crippen LogP contribution in [0, 0.1) is 0 Å². The van der Waals surface area contributed by atoms with Crippen molar-refractivity contribution in [1.29, 1.82) is 0 Å². The van der Waals surface area contributed by atoms with Gasteiger partial charge in [0.05, 0.1) is 19.1 Å². The van der Waals surface area contributed by atoms with Crippen molar-refractivity contribution < 1.29 is 22.7 Å². The highest BCUT2D eigenvalue weighted by Gasteiger charge is 2.30. The van der Waals surface area contributed by atoms with E-state index in [0.717, 1.165) is 16.1 Å². The third kappa shape index (κ3) is 7.64. The number of hydrogen-bond acceptors (Lipinski definition) is 5. The highest BCUT2D eigenvalue weighted by atomic mass is 35.5. The molecular weight excluding hydrogens is 466 g/mol. The Labute approximate surface area is 200 Å². The molecule has 0 heterocycles. The number of anilines is 1. The molecule has 2 aromatic rings. The van der Waals surface area contributed by atoms with E-state index in [0.29, 0.717) is 16.5 Å². The van der Waals surface area contributed by atoms with Gasteiger partial charge in [-0.1, -0.05) is 23.7 Å². The van der Waals surface area contributed by atoms with E-state index in [-0.39, 0.29) is 18.5 Å². The number of benzene rings is 2. The summed E-state index contributed by atoms with van der Waals surface area (Å²) in [5, 5.41) is 3.35. The number of ether oxygens (including phenoxy) is 1. The third-order valence-corrected chi connectivity index (χ3v) is 6.30. The Kier molecular flexibility index (Phi) is 9.13. The number of rotatable bonds is 10. The summed E-state index contributed by atoms with van der Waals surface area (Å²) in [4.78, 5) is 27.4. The quantitative estimate of drug-likeness (QED) is 0.546. The maximum Gasteiger partial charge on any atom is 0.244 e. The summed E-state index contributed by atoms with van der Waals surface area (Å²) in [6.07, 6.45) is 1.03. The van der Waals surface area contributed by atoms with Gasteiger partial charge in [0.1, 0.15) is 18.3 Å². The van der Waals surface area contributed by atoms with Crippen LogP contribution in [-0.4, -0.2) is 57.1 Å². The number of hydrogen-bond donors (Lipinski definition) is 1. The highest BCUT2D eigenvalue weighted by Crippen LogP contribution is 2.22. The molecule has 1 unspecified atom stereocenters. The average molecular weight is 496 g/mol. The molecular formula is C23H30ClN3O5S. The Morgan fingerprint density at radius 1 is 1.03 bits per heavy atom. The average Bonchev–Trinajstić information content (AvgIpc) is 2.75. The molecule has 10 heteroatoms. The molecule has 0 fully saturated rings. The van der Waals surface area contributed by atoms with Crippen molar-refractivity contribution in [3.63, 3.8) is 0 Å². The van der Waals surface area contributed by atoms with E-state index in [1.54, 1.807) is 55.5 Å². The molecule has 0 bridgehead atoms. The van der Waals surface area contributed by atoms with E-state index in [1.807, 2.05) is 13.8 Å². The Morgan fingerprint density at radius 3 is 2.09 bits per heavy atom. The fraction of sp³-hybridized carbons (Fsp3) is 0.391. The summed E-state index contributed by atoms with van der Waals surface area (Å²) in [6, 6.07) is 12.3. The Balaban J connectivity index is 2.36.